The molecule has 1 atom stereocenters. The minimum atomic E-state index is -1.85. The fourth-order valence-electron chi connectivity index (χ4n) is 1.56. The number of benzene rings is 1. The van der Waals surface area contributed by atoms with Crippen LogP contribution < -0.4 is 5.32 Å². The predicted octanol–water partition coefficient (Wildman–Crippen LogP) is 3.88. The van der Waals surface area contributed by atoms with Crippen LogP contribution in [0.3, 0.4) is 0 Å². The molecule has 0 saturated carbocycles. The molecule has 1 unspecified atom stereocenters. The van der Waals surface area contributed by atoms with Gasteiger partial charge in [0.15, 0.2) is 6.17 Å². The van der Waals surface area contributed by atoms with Crippen molar-refractivity contribution in [1.82, 2.24) is 20.1 Å². The SMILES string of the molecule is O=C(NC(n1cncn1)C(Cl)(Cl)Cl)c1c(Cl)cccc1Cl. The molecular formula is C11H7Cl5N4O. The molecular weight excluding hydrogens is 381 g/mol. The zero-order chi connectivity index (χ0) is 15.6. The Bertz CT molecular complexity index is 620. The number of rotatable bonds is 3. The number of halogens is 5. The van der Waals surface area contributed by atoms with E-state index in [0.29, 0.717) is 0 Å². The van der Waals surface area contributed by atoms with E-state index in [1.54, 1.807) is 6.07 Å². The van der Waals surface area contributed by atoms with Gasteiger partial charge in [0.25, 0.3) is 5.91 Å². The molecule has 2 aromatic rings. The number of aromatic nitrogens is 3. The average Bonchev–Trinajstić information content (AvgIpc) is 2.87. The molecule has 21 heavy (non-hydrogen) atoms. The lowest BCUT2D eigenvalue weighted by Crippen LogP contribution is -2.40. The van der Waals surface area contributed by atoms with Gasteiger partial charge in [0, 0.05) is 0 Å². The summed E-state index contributed by atoms with van der Waals surface area (Å²) >= 11 is 29.5. The molecule has 0 fully saturated rings. The van der Waals surface area contributed by atoms with Crippen LogP contribution in [0.25, 0.3) is 0 Å². The summed E-state index contributed by atoms with van der Waals surface area (Å²) in [6.07, 6.45) is 1.48. The summed E-state index contributed by atoms with van der Waals surface area (Å²) in [7, 11) is 0. The van der Waals surface area contributed by atoms with Crippen LogP contribution >= 0.6 is 58.0 Å². The number of alkyl halides is 3. The quantitative estimate of drug-likeness (QED) is 0.812. The van der Waals surface area contributed by atoms with Crippen molar-refractivity contribution in [3.8, 4) is 0 Å². The molecule has 1 aromatic carbocycles. The second kappa shape index (κ2) is 6.58. The highest BCUT2D eigenvalue weighted by Crippen LogP contribution is 2.36. The fourth-order valence-corrected chi connectivity index (χ4v) is 2.59. The maximum Gasteiger partial charge on any atom is 0.256 e. The largest absolute Gasteiger partial charge is 0.326 e. The van der Waals surface area contributed by atoms with E-state index >= 15 is 0 Å². The van der Waals surface area contributed by atoms with Crippen molar-refractivity contribution in [3.05, 3.63) is 46.5 Å². The van der Waals surface area contributed by atoms with E-state index < -0.39 is 15.9 Å². The number of carbonyl (C=O) groups excluding carboxylic acids is 1. The first-order chi connectivity index (χ1) is 9.80. The minimum Gasteiger partial charge on any atom is -0.326 e. The van der Waals surface area contributed by atoms with Crippen LogP contribution in [-0.2, 0) is 0 Å². The van der Waals surface area contributed by atoms with Gasteiger partial charge in [-0.3, -0.25) is 4.79 Å². The van der Waals surface area contributed by atoms with Gasteiger partial charge in [-0.15, -0.1) is 0 Å². The number of amides is 1. The van der Waals surface area contributed by atoms with E-state index in [0.717, 1.165) is 0 Å². The second-order valence-electron chi connectivity index (χ2n) is 3.89. The summed E-state index contributed by atoms with van der Waals surface area (Å²) in [5.74, 6) is -0.600. The Morgan fingerprint density at radius 1 is 1.24 bits per heavy atom. The van der Waals surface area contributed by atoms with Gasteiger partial charge in [-0.05, 0) is 12.1 Å². The van der Waals surface area contributed by atoms with E-state index in [1.807, 2.05) is 0 Å². The van der Waals surface area contributed by atoms with E-state index in [1.165, 1.54) is 29.5 Å². The fraction of sp³-hybridized carbons (Fsp3) is 0.182. The lowest BCUT2D eigenvalue weighted by molar-refractivity contribution is 0.0916. The van der Waals surface area contributed by atoms with Crippen LogP contribution in [-0.4, -0.2) is 24.5 Å². The van der Waals surface area contributed by atoms with Gasteiger partial charge >= 0.3 is 0 Å². The van der Waals surface area contributed by atoms with Crippen LogP contribution in [0.5, 0.6) is 0 Å². The summed E-state index contributed by atoms with van der Waals surface area (Å²) in [4.78, 5) is 16.1. The molecule has 1 aromatic heterocycles. The number of carbonyl (C=O) groups is 1. The Morgan fingerprint density at radius 2 is 1.86 bits per heavy atom. The van der Waals surface area contributed by atoms with E-state index in [4.69, 9.17) is 58.0 Å². The first-order valence-electron chi connectivity index (χ1n) is 5.46. The highest BCUT2D eigenvalue weighted by atomic mass is 35.6. The zero-order valence-corrected chi connectivity index (χ0v) is 13.9. The summed E-state index contributed by atoms with van der Waals surface area (Å²) in [6.45, 7) is 0. The summed E-state index contributed by atoms with van der Waals surface area (Å²) in [6, 6.07) is 4.68. The molecule has 0 bridgehead atoms. The van der Waals surface area contributed by atoms with Gasteiger partial charge in [-0.1, -0.05) is 64.1 Å². The maximum absolute atomic E-state index is 12.3. The van der Waals surface area contributed by atoms with Crippen LogP contribution in [0.1, 0.15) is 16.5 Å². The summed E-state index contributed by atoms with van der Waals surface area (Å²) in [5, 5.41) is 6.72. The van der Waals surface area contributed by atoms with Crippen LogP contribution in [0.2, 0.25) is 10.0 Å². The molecule has 112 valence electrons. The molecule has 1 N–H and O–H groups in total. The molecule has 5 nitrogen and oxygen atoms in total. The predicted molar refractivity (Wildman–Crippen MR) is 83.3 cm³/mol. The lowest BCUT2D eigenvalue weighted by atomic mass is 10.2. The first kappa shape index (κ1) is 16.6. The van der Waals surface area contributed by atoms with Crippen molar-refractivity contribution >= 4 is 63.9 Å². The molecule has 0 spiro atoms. The monoisotopic (exact) mass is 386 g/mol. The molecule has 0 aliphatic heterocycles. The van der Waals surface area contributed by atoms with Gasteiger partial charge in [-0.25, -0.2) is 9.67 Å². The van der Waals surface area contributed by atoms with Crippen LogP contribution in [0.15, 0.2) is 30.9 Å². The molecule has 10 heteroatoms. The molecule has 1 heterocycles. The third-order valence-corrected chi connectivity index (χ3v) is 3.72. The van der Waals surface area contributed by atoms with Crippen LogP contribution in [0.4, 0.5) is 0 Å². The normalized spacial score (nSPS) is 13.0. The minimum absolute atomic E-state index is 0.0835. The van der Waals surface area contributed by atoms with Crippen molar-refractivity contribution in [3.63, 3.8) is 0 Å². The third-order valence-electron chi connectivity index (χ3n) is 2.47. The van der Waals surface area contributed by atoms with E-state index in [-0.39, 0.29) is 15.6 Å². The van der Waals surface area contributed by atoms with Crippen molar-refractivity contribution in [2.24, 2.45) is 0 Å². The standard InChI is InChI=1S/C11H7Cl5N4O/c12-6-2-1-3-7(13)8(6)9(21)19-10(11(14,15)16)20-5-17-4-18-20/h1-5,10H,(H,19,21). The summed E-state index contributed by atoms with van der Waals surface area (Å²) < 4.78 is -0.646. The highest BCUT2D eigenvalue weighted by molar-refractivity contribution is 6.68. The van der Waals surface area contributed by atoms with Gasteiger partial charge in [0.1, 0.15) is 12.7 Å². The Hall–Kier alpha value is -0.720. The van der Waals surface area contributed by atoms with Gasteiger partial charge in [0.2, 0.25) is 3.79 Å². The topological polar surface area (TPSA) is 59.8 Å². The van der Waals surface area contributed by atoms with Crippen molar-refractivity contribution < 1.29 is 4.79 Å². The molecule has 2 rings (SSSR count). The van der Waals surface area contributed by atoms with Gasteiger partial charge < -0.3 is 5.32 Å². The molecule has 0 aliphatic rings. The van der Waals surface area contributed by atoms with Gasteiger partial charge in [0.05, 0.1) is 15.6 Å². The van der Waals surface area contributed by atoms with Crippen molar-refractivity contribution in [2.75, 3.05) is 0 Å². The zero-order valence-electron chi connectivity index (χ0n) is 10.1. The number of hydrogen-bond donors (Lipinski definition) is 1. The number of nitrogens with one attached hydrogen (secondary N) is 1. The molecule has 1 amide bonds. The Labute approximate surface area is 145 Å². The van der Waals surface area contributed by atoms with Crippen molar-refractivity contribution in [1.29, 1.82) is 0 Å². The van der Waals surface area contributed by atoms with Crippen LogP contribution in [0, 0.1) is 0 Å². The molecule has 0 radical (unpaired) electrons. The second-order valence-corrected chi connectivity index (χ2v) is 7.07. The maximum atomic E-state index is 12.3. The Kier molecular flexibility index (Phi) is 5.22. The van der Waals surface area contributed by atoms with Crippen molar-refractivity contribution in [2.45, 2.75) is 9.96 Å². The Balaban J connectivity index is 2.32. The first-order valence-corrected chi connectivity index (χ1v) is 7.35. The number of hydrogen-bond acceptors (Lipinski definition) is 3. The highest BCUT2D eigenvalue weighted by Gasteiger charge is 2.37. The average molecular weight is 388 g/mol. The third kappa shape index (κ3) is 3.93. The lowest BCUT2D eigenvalue weighted by Gasteiger charge is -2.25. The van der Waals surface area contributed by atoms with E-state index in [9.17, 15) is 4.79 Å². The molecule has 0 aliphatic carbocycles. The van der Waals surface area contributed by atoms with Gasteiger partial charge in [-0.2, -0.15) is 5.10 Å². The Morgan fingerprint density at radius 3 is 2.33 bits per heavy atom. The smallest absolute Gasteiger partial charge is 0.256 e. The number of nitrogens with zero attached hydrogens (tertiary/aromatic N) is 3. The molecule has 0 saturated heterocycles. The summed E-state index contributed by atoms with van der Waals surface area (Å²) in [5.41, 5.74) is 0.0835. The van der Waals surface area contributed by atoms with E-state index in [2.05, 4.69) is 15.4 Å².